The number of methoxy groups -OCH3 is 1. The smallest absolute Gasteiger partial charge is 0.407 e. The van der Waals surface area contributed by atoms with Gasteiger partial charge in [0.05, 0.1) is 23.8 Å². The van der Waals surface area contributed by atoms with E-state index in [0.717, 1.165) is 12.8 Å². The summed E-state index contributed by atoms with van der Waals surface area (Å²) in [5.74, 6) is 0.703. The van der Waals surface area contributed by atoms with E-state index in [1.165, 1.54) is 13.3 Å². The summed E-state index contributed by atoms with van der Waals surface area (Å²) in [7, 11) is 1.50. The first-order valence-electron chi connectivity index (χ1n) is 10.6. The minimum Gasteiger partial charge on any atom is -0.487 e. The summed E-state index contributed by atoms with van der Waals surface area (Å²) in [6.45, 7) is 7.61. The molecule has 1 saturated heterocycles. The summed E-state index contributed by atoms with van der Waals surface area (Å²) in [5.41, 5.74) is 0.638. The van der Waals surface area contributed by atoms with Crippen LogP contribution >= 0.6 is 11.6 Å². The first kappa shape index (κ1) is 24.3. The van der Waals surface area contributed by atoms with Crippen LogP contribution in [0.2, 0.25) is 5.02 Å². The van der Waals surface area contributed by atoms with Gasteiger partial charge in [-0.3, -0.25) is 0 Å². The Kier molecular flexibility index (Phi) is 7.63. The molecule has 1 fully saturated rings. The molecule has 1 aromatic heterocycles. The van der Waals surface area contributed by atoms with E-state index in [1.54, 1.807) is 17.0 Å². The molecule has 0 spiro atoms. The lowest BCUT2D eigenvalue weighted by atomic mass is 9.97. The van der Waals surface area contributed by atoms with Crippen molar-refractivity contribution in [3.05, 3.63) is 23.4 Å². The molecule has 2 aromatic rings. The number of β-amino-alcohol motifs (C(OH)–C–C–N with tert-alkyl or cyclic N) is 1. The molecular formula is C22H31ClN4O5. The van der Waals surface area contributed by atoms with Crippen LogP contribution in [0, 0.1) is 0 Å². The van der Waals surface area contributed by atoms with Crippen molar-refractivity contribution in [2.45, 2.75) is 51.3 Å². The predicted octanol–water partition coefficient (Wildman–Crippen LogP) is 3.27. The number of rotatable bonds is 7. The molecule has 9 nitrogen and oxygen atoms in total. The van der Waals surface area contributed by atoms with Gasteiger partial charge in [-0.2, -0.15) is 0 Å². The van der Waals surface area contributed by atoms with Gasteiger partial charge in [0, 0.05) is 31.2 Å². The molecule has 0 aliphatic carbocycles. The van der Waals surface area contributed by atoms with E-state index in [4.69, 9.17) is 21.1 Å². The number of benzene rings is 1. The highest BCUT2D eigenvalue weighted by Gasteiger charge is 2.35. The van der Waals surface area contributed by atoms with Crippen LogP contribution in [0.15, 0.2) is 18.3 Å². The maximum atomic E-state index is 11.7. The van der Waals surface area contributed by atoms with E-state index in [2.05, 4.69) is 14.9 Å². The van der Waals surface area contributed by atoms with Gasteiger partial charge < -0.3 is 29.5 Å². The minimum atomic E-state index is -0.893. The molecule has 32 heavy (non-hydrogen) atoms. The number of aliphatic hydroxyl groups excluding tert-OH is 1. The van der Waals surface area contributed by atoms with E-state index >= 15 is 0 Å². The van der Waals surface area contributed by atoms with Crippen LogP contribution in [0.4, 0.5) is 4.79 Å². The van der Waals surface area contributed by atoms with Gasteiger partial charge in [0.25, 0.3) is 0 Å². The normalized spacial score (nSPS) is 16.7. The molecular weight excluding hydrogens is 436 g/mol. The summed E-state index contributed by atoms with van der Waals surface area (Å²) in [6.07, 6.45) is 1.33. The first-order chi connectivity index (χ1) is 15.1. The minimum absolute atomic E-state index is 0.0276. The van der Waals surface area contributed by atoms with Crippen LogP contribution in [-0.4, -0.2) is 87.1 Å². The van der Waals surface area contributed by atoms with Gasteiger partial charge in [0.1, 0.15) is 18.2 Å². The second-order valence-corrected chi connectivity index (χ2v) is 9.38. The maximum absolute atomic E-state index is 11.7. The van der Waals surface area contributed by atoms with Gasteiger partial charge in [-0.05, 0) is 45.7 Å². The Morgan fingerprint density at radius 2 is 2.03 bits per heavy atom. The summed E-state index contributed by atoms with van der Waals surface area (Å²) >= 11 is 6.30. The van der Waals surface area contributed by atoms with Crippen molar-refractivity contribution in [2.24, 2.45) is 0 Å². The third-order valence-corrected chi connectivity index (χ3v) is 5.85. The summed E-state index contributed by atoms with van der Waals surface area (Å²) in [4.78, 5) is 24.0. The predicted molar refractivity (Wildman–Crippen MR) is 122 cm³/mol. The van der Waals surface area contributed by atoms with Crippen LogP contribution in [-0.2, 0) is 0 Å². The van der Waals surface area contributed by atoms with Crippen LogP contribution in [0.5, 0.6) is 11.6 Å². The Morgan fingerprint density at radius 1 is 1.34 bits per heavy atom. The van der Waals surface area contributed by atoms with Crippen LogP contribution < -0.4 is 9.47 Å². The fourth-order valence-corrected chi connectivity index (χ4v) is 4.34. The number of hydrogen-bond acceptors (Lipinski definition) is 7. The zero-order valence-corrected chi connectivity index (χ0v) is 19.7. The molecule has 3 rings (SSSR count). The standard InChI is InChI=1S/C22H31ClN4O5/c1-22(2,3)27(21(29)30)14-7-9-26(10-8-14)12-15(28)13-32-20-16(23)5-6-17-19(20)25-18(31-4)11-24-17/h5-6,11,14-15,28H,7-10,12-13H2,1-4H3,(H,29,30). The molecule has 1 aromatic carbocycles. The molecule has 176 valence electrons. The Bertz CT molecular complexity index is 944. The van der Waals surface area contributed by atoms with Crippen LogP contribution in [0.1, 0.15) is 33.6 Å². The van der Waals surface area contributed by atoms with Crippen LogP contribution in [0.25, 0.3) is 11.0 Å². The fraction of sp³-hybridized carbons (Fsp3) is 0.591. The SMILES string of the molecule is COc1cnc2ccc(Cl)c(OCC(O)CN3CCC(N(C(=O)O)C(C)(C)C)CC3)c2n1. The molecule has 1 atom stereocenters. The highest BCUT2D eigenvalue weighted by atomic mass is 35.5. The summed E-state index contributed by atoms with van der Waals surface area (Å²) in [5, 5.41) is 20.5. The molecule has 0 radical (unpaired) electrons. The lowest BCUT2D eigenvalue weighted by Crippen LogP contribution is -2.55. The molecule has 1 aliphatic heterocycles. The Morgan fingerprint density at radius 3 is 2.62 bits per heavy atom. The number of piperidine rings is 1. The lowest BCUT2D eigenvalue weighted by molar-refractivity contribution is 0.0229. The van der Waals surface area contributed by atoms with E-state index in [9.17, 15) is 15.0 Å². The van der Waals surface area contributed by atoms with Crippen molar-refractivity contribution in [1.82, 2.24) is 19.8 Å². The highest BCUT2D eigenvalue weighted by Crippen LogP contribution is 2.32. The van der Waals surface area contributed by atoms with E-state index in [0.29, 0.717) is 47.3 Å². The number of carboxylic acid groups (broad SMARTS) is 1. The molecule has 0 bridgehead atoms. The number of amides is 1. The van der Waals surface area contributed by atoms with Gasteiger partial charge in [-0.1, -0.05) is 11.6 Å². The number of halogens is 1. The lowest BCUT2D eigenvalue weighted by Gasteiger charge is -2.43. The Hall–Kier alpha value is -2.36. The quantitative estimate of drug-likeness (QED) is 0.640. The zero-order valence-electron chi connectivity index (χ0n) is 18.9. The topological polar surface area (TPSA) is 108 Å². The zero-order chi connectivity index (χ0) is 23.5. The third kappa shape index (κ3) is 5.70. The number of nitrogens with zero attached hydrogens (tertiary/aromatic N) is 4. The number of likely N-dealkylation sites (tertiary alicyclic amines) is 1. The van der Waals surface area contributed by atoms with Crippen molar-refractivity contribution >= 4 is 28.7 Å². The fourth-order valence-electron chi connectivity index (χ4n) is 4.13. The largest absolute Gasteiger partial charge is 0.487 e. The molecule has 0 saturated carbocycles. The number of hydrogen-bond donors (Lipinski definition) is 2. The maximum Gasteiger partial charge on any atom is 0.407 e. The molecule has 10 heteroatoms. The highest BCUT2D eigenvalue weighted by molar-refractivity contribution is 6.33. The number of aromatic nitrogens is 2. The van der Waals surface area contributed by atoms with Crippen LogP contribution in [0.3, 0.4) is 0 Å². The average Bonchev–Trinajstić information content (AvgIpc) is 2.72. The Balaban J connectivity index is 1.57. The van der Waals surface area contributed by atoms with Gasteiger partial charge in [0.15, 0.2) is 5.75 Å². The van der Waals surface area contributed by atoms with Crippen molar-refractivity contribution < 1.29 is 24.5 Å². The van der Waals surface area contributed by atoms with Crippen molar-refractivity contribution in [2.75, 3.05) is 33.4 Å². The number of carbonyl (C=O) groups is 1. The molecule has 1 aliphatic rings. The second kappa shape index (κ2) is 10.1. The average molecular weight is 467 g/mol. The van der Waals surface area contributed by atoms with Gasteiger partial charge in [0.2, 0.25) is 5.88 Å². The van der Waals surface area contributed by atoms with Gasteiger partial charge in [-0.25, -0.2) is 14.8 Å². The number of aliphatic hydroxyl groups is 1. The van der Waals surface area contributed by atoms with E-state index < -0.39 is 17.7 Å². The van der Waals surface area contributed by atoms with E-state index in [1.807, 2.05) is 20.8 Å². The molecule has 2 heterocycles. The third-order valence-electron chi connectivity index (χ3n) is 5.55. The van der Waals surface area contributed by atoms with Crippen molar-refractivity contribution in [1.29, 1.82) is 0 Å². The van der Waals surface area contributed by atoms with Gasteiger partial charge >= 0.3 is 6.09 Å². The van der Waals surface area contributed by atoms with Crippen molar-refractivity contribution in [3.8, 4) is 11.6 Å². The number of ether oxygens (including phenoxy) is 2. The van der Waals surface area contributed by atoms with Gasteiger partial charge in [-0.15, -0.1) is 0 Å². The molecule has 2 N–H and O–H groups in total. The summed E-state index contributed by atoms with van der Waals surface area (Å²) in [6, 6.07) is 3.40. The van der Waals surface area contributed by atoms with Crippen molar-refractivity contribution in [3.63, 3.8) is 0 Å². The second-order valence-electron chi connectivity index (χ2n) is 8.98. The summed E-state index contributed by atoms with van der Waals surface area (Å²) < 4.78 is 11.0. The van der Waals surface area contributed by atoms with E-state index in [-0.39, 0.29) is 12.6 Å². The first-order valence-corrected chi connectivity index (χ1v) is 11.0. The monoisotopic (exact) mass is 466 g/mol. The molecule has 1 amide bonds. The Labute approximate surface area is 192 Å². The molecule has 1 unspecified atom stereocenters. The number of fused-ring (bicyclic) bond motifs is 1.